The third-order valence-electron chi connectivity index (χ3n) is 4.53. The predicted molar refractivity (Wildman–Crippen MR) is 128 cm³/mol. The maximum absolute atomic E-state index is 12.9. The molecule has 2 aromatic heterocycles. The van der Waals surface area contributed by atoms with Gasteiger partial charge < -0.3 is 24.8 Å². The van der Waals surface area contributed by atoms with Crippen LogP contribution in [0.25, 0.3) is 5.82 Å². The van der Waals surface area contributed by atoms with Crippen LogP contribution in [0.2, 0.25) is 0 Å². The topological polar surface area (TPSA) is 94.8 Å². The van der Waals surface area contributed by atoms with Crippen LogP contribution in [0.1, 0.15) is 18.1 Å². The Morgan fingerprint density at radius 1 is 1.21 bits per heavy atom. The van der Waals surface area contributed by atoms with Crippen LogP contribution in [-0.2, 0) is 13.1 Å². The number of halogens is 3. The Kier molecular flexibility index (Phi) is 8.63. The van der Waals surface area contributed by atoms with Gasteiger partial charge in [0.15, 0.2) is 23.3 Å². The lowest BCUT2D eigenvalue weighted by Gasteiger charge is -2.15. The molecule has 33 heavy (non-hydrogen) atoms. The van der Waals surface area contributed by atoms with Gasteiger partial charge in [-0.2, -0.15) is 13.9 Å². The van der Waals surface area contributed by atoms with Crippen LogP contribution in [-0.4, -0.2) is 40.7 Å². The third-order valence-corrected chi connectivity index (χ3v) is 4.53. The first-order valence-electron chi connectivity index (χ1n) is 9.97. The van der Waals surface area contributed by atoms with Crippen molar-refractivity contribution < 1.29 is 23.0 Å². The number of hydrogen-bond acceptors (Lipinski definition) is 6. The Hall–Kier alpha value is -3.16. The van der Waals surface area contributed by atoms with E-state index >= 15 is 0 Å². The highest BCUT2D eigenvalue weighted by molar-refractivity contribution is 14.0. The van der Waals surface area contributed by atoms with E-state index in [-0.39, 0.29) is 43.1 Å². The van der Waals surface area contributed by atoms with E-state index in [1.165, 1.54) is 6.07 Å². The summed E-state index contributed by atoms with van der Waals surface area (Å²) >= 11 is 0. The van der Waals surface area contributed by atoms with E-state index in [1.807, 2.05) is 31.3 Å². The monoisotopic (exact) mass is 572 g/mol. The highest BCUT2D eigenvalue weighted by Gasteiger charge is 2.20. The van der Waals surface area contributed by atoms with Crippen LogP contribution in [0.4, 0.5) is 8.78 Å². The summed E-state index contributed by atoms with van der Waals surface area (Å²) in [5.41, 5.74) is 1.43. The lowest BCUT2D eigenvalue weighted by molar-refractivity contribution is -0.0505. The summed E-state index contributed by atoms with van der Waals surface area (Å²) in [6.07, 6.45) is 5.19. The smallest absolute Gasteiger partial charge is 0.387 e. The summed E-state index contributed by atoms with van der Waals surface area (Å²) in [5, 5.41) is 10.5. The molecule has 0 bridgehead atoms. The number of nitrogens with one attached hydrogen (secondary N) is 2. The van der Waals surface area contributed by atoms with Gasteiger partial charge in [0.1, 0.15) is 5.75 Å². The molecule has 0 aliphatic carbocycles. The number of alkyl halides is 2. The lowest BCUT2D eigenvalue weighted by Crippen LogP contribution is -2.36. The van der Waals surface area contributed by atoms with Gasteiger partial charge in [-0.05, 0) is 36.8 Å². The average molecular weight is 572 g/mol. The first-order chi connectivity index (χ1) is 15.6. The maximum Gasteiger partial charge on any atom is 0.387 e. The van der Waals surface area contributed by atoms with Crippen molar-refractivity contribution in [1.29, 1.82) is 0 Å². The minimum absolute atomic E-state index is 0. The second-order valence-corrected chi connectivity index (χ2v) is 6.71. The van der Waals surface area contributed by atoms with Crippen molar-refractivity contribution in [3.63, 3.8) is 0 Å². The highest BCUT2D eigenvalue weighted by Crippen LogP contribution is 2.38. The van der Waals surface area contributed by atoms with Gasteiger partial charge in [0.25, 0.3) is 0 Å². The molecule has 176 valence electrons. The molecule has 2 N–H and O–H groups in total. The molecule has 0 unspecified atom stereocenters. The van der Waals surface area contributed by atoms with Crippen LogP contribution < -0.4 is 24.8 Å². The van der Waals surface area contributed by atoms with Crippen molar-refractivity contribution in [3.8, 4) is 23.1 Å². The predicted octanol–water partition coefficient (Wildman–Crippen LogP) is 3.47. The first kappa shape index (κ1) is 24.5. The van der Waals surface area contributed by atoms with Crippen molar-refractivity contribution >= 4 is 29.9 Å². The second-order valence-electron chi connectivity index (χ2n) is 6.71. The molecule has 0 saturated carbocycles. The Bertz CT molecular complexity index is 1080. The van der Waals surface area contributed by atoms with E-state index in [9.17, 15) is 8.78 Å². The average Bonchev–Trinajstić information content (AvgIpc) is 3.47. The molecule has 1 aromatic carbocycles. The van der Waals surface area contributed by atoms with Crippen LogP contribution in [0, 0.1) is 0 Å². The molecule has 0 radical (unpaired) electrons. The molecule has 3 heterocycles. The van der Waals surface area contributed by atoms with E-state index in [0.717, 1.165) is 5.56 Å². The van der Waals surface area contributed by atoms with E-state index < -0.39 is 6.61 Å². The number of fused-ring (bicyclic) bond motifs is 1. The Labute approximate surface area is 206 Å². The van der Waals surface area contributed by atoms with Gasteiger partial charge >= 0.3 is 6.61 Å². The van der Waals surface area contributed by atoms with Gasteiger partial charge in [0.05, 0.1) is 6.54 Å². The van der Waals surface area contributed by atoms with Crippen molar-refractivity contribution in [2.24, 2.45) is 4.99 Å². The molecular weight excluding hydrogens is 549 g/mol. The maximum atomic E-state index is 12.9. The van der Waals surface area contributed by atoms with E-state index in [1.54, 1.807) is 23.1 Å². The summed E-state index contributed by atoms with van der Waals surface area (Å²) in [4.78, 5) is 8.88. The number of nitrogens with zero attached hydrogens (tertiary/aromatic N) is 4. The van der Waals surface area contributed by atoms with E-state index in [2.05, 4.69) is 30.4 Å². The second kappa shape index (κ2) is 11.6. The fourth-order valence-corrected chi connectivity index (χ4v) is 3.09. The van der Waals surface area contributed by atoms with Crippen molar-refractivity contribution in [2.75, 3.05) is 13.3 Å². The van der Waals surface area contributed by atoms with Crippen LogP contribution >= 0.6 is 24.0 Å². The van der Waals surface area contributed by atoms with Crippen LogP contribution in [0.3, 0.4) is 0 Å². The molecule has 4 rings (SSSR count). The number of hydrogen-bond donors (Lipinski definition) is 2. The normalized spacial score (nSPS) is 12.4. The number of pyridine rings is 1. The molecule has 12 heteroatoms. The molecule has 0 spiro atoms. The molecule has 1 aliphatic rings. The highest BCUT2D eigenvalue weighted by atomic mass is 127. The standard InChI is InChI=1S/C21H22F2N6O3.HI/c1-2-24-21(26-11-14-4-6-25-19(8-14)29-7-3-5-28-29)27-12-15-9-17-18(31-13-30-17)10-16(15)32-20(22)23;/h3-10,20H,2,11-13H2,1H3,(H2,24,26,27);1H. The number of guanidine groups is 1. The van der Waals surface area contributed by atoms with Crippen molar-refractivity contribution in [3.05, 3.63) is 60.0 Å². The minimum Gasteiger partial charge on any atom is -0.454 e. The zero-order valence-corrected chi connectivity index (χ0v) is 20.0. The molecule has 3 aromatic rings. The zero-order valence-electron chi connectivity index (χ0n) is 17.7. The fraction of sp³-hybridized carbons (Fsp3) is 0.286. The molecule has 0 saturated heterocycles. The van der Waals surface area contributed by atoms with Gasteiger partial charge in [0.2, 0.25) is 6.79 Å². The molecule has 0 atom stereocenters. The number of rotatable bonds is 8. The fourth-order valence-electron chi connectivity index (χ4n) is 3.09. The Morgan fingerprint density at radius 2 is 2.03 bits per heavy atom. The Balaban J connectivity index is 0.00000306. The van der Waals surface area contributed by atoms with Crippen molar-refractivity contribution in [1.82, 2.24) is 25.4 Å². The van der Waals surface area contributed by atoms with Crippen LogP contribution in [0.15, 0.2) is 53.9 Å². The van der Waals surface area contributed by atoms with Gasteiger partial charge in [-0.25, -0.2) is 14.7 Å². The molecular formula is C21H23F2IN6O3. The SMILES string of the molecule is CCNC(=NCc1ccnc(-n2cccn2)c1)NCc1cc2c(cc1OC(F)F)OCO2.I. The van der Waals surface area contributed by atoms with Gasteiger partial charge in [-0.15, -0.1) is 24.0 Å². The quantitative estimate of drug-likeness (QED) is 0.243. The van der Waals surface area contributed by atoms with Crippen LogP contribution in [0.5, 0.6) is 17.2 Å². The van der Waals surface area contributed by atoms with Gasteiger partial charge in [-0.1, -0.05) is 0 Å². The number of benzene rings is 1. The van der Waals surface area contributed by atoms with E-state index in [4.69, 9.17) is 9.47 Å². The summed E-state index contributed by atoms with van der Waals surface area (Å²) in [6.45, 7) is 0.226. The minimum atomic E-state index is -2.95. The van der Waals surface area contributed by atoms with Gasteiger partial charge in [-0.3, -0.25) is 0 Å². The lowest BCUT2D eigenvalue weighted by atomic mass is 10.1. The number of aliphatic imine (C=N–C) groups is 1. The molecule has 9 nitrogen and oxygen atoms in total. The van der Waals surface area contributed by atoms with E-state index in [0.29, 0.717) is 41.9 Å². The number of ether oxygens (including phenoxy) is 3. The zero-order chi connectivity index (χ0) is 22.3. The summed E-state index contributed by atoms with van der Waals surface area (Å²) < 4.78 is 42.6. The first-order valence-corrected chi connectivity index (χ1v) is 9.97. The Morgan fingerprint density at radius 3 is 2.76 bits per heavy atom. The number of aromatic nitrogens is 3. The molecule has 0 fully saturated rings. The van der Waals surface area contributed by atoms with Gasteiger partial charge in [0, 0.05) is 43.3 Å². The molecule has 1 aliphatic heterocycles. The summed E-state index contributed by atoms with van der Waals surface area (Å²) in [6, 6.07) is 8.61. The summed E-state index contributed by atoms with van der Waals surface area (Å²) in [7, 11) is 0. The van der Waals surface area contributed by atoms with Crippen molar-refractivity contribution in [2.45, 2.75) is 26.6 Å². The largest absolute Gasteiger partial charge is 0.454 e. The summed E-state index contributed by atoms with van der Waals surface area (Å²) in [5.74, 6) is 2.08. The third kappa shape index (κ3) is 6.43. The molecule has 0 amide bonds.